The lowest BCUT2D eigenvalue weighted by Crippen LogP contribution is -2.50. The number of rotatable bonds is 4. The lowest BCUT2D eigenvalue weighted by atomic mass is 10.1. The third kappa shape index (κ3) is 3.94. The van der Waals surface area contributed by atoms with E-state index in [1.165, 1.54) is 9.87 Å². The Morgan fingerprint density at radius 1 is 1.13 bits per heavy atom. The highest BCUT2D eigenvalue weighted by molar-refractivity contribution is 7.86. The maximum Gasteiger partial charge on any atom is 0.276 e. The van der Waals surface area contributed by atoms with Gasteiger partial charge in [-0.05, 0) is 19.1 Å². The standard InChI is InChI=1S/C14H19N5O3S/c1-11-2-4-12(5-3-11)14-17-16-13(22-14)10-18-6-8-19(9-7-18)23(15,20)21/h2-5H,6-10H2,1H3,(H2,15,20,21). The molecule has 0 saturated carbocycles. The van der Waals surface area contributed by atoms with Gasteiger partial charge >= 0.3 is 0 Å². The fraction of sp³-hybridized carbons (Fsp3) is 0.429. The summed E-state index contributed by atoms with van der Waals surface area (Å²) in [6, 6.07) is 7.87. The molecule has 8 nitrogen and oxygen atoms in total. The molecule has 1 aliphatic rings. The minimum absolute atomic E-state index is 0.373. The number of hydrogen-bond acceptors (Lipinski definition) is 6. The van der Waals surface area contributed by atoms with E-state index in [9.17, 15) is 8.42 Å². The van der Waals surface area contributed by atoms with Gasteiger partial charge in [0.25, 0.3) is 10.2 Å². The molecule has 3 rings (SSSR count). The third-order valence-electron chi connectivity index (χ3n) is 3.82. The second kappa shape index (κ2) is 6.36. The highest BCUT2D eigenvalue weighted by Crippen LogP contribution is 2.19. The van der Waals surface area contributed by atoms with E-state index in [4.69, 9.17) is 9.56 Å². The highest BCUT2D eigenvalue weighted by atomic mass is 32.2. The van der Waals surface area contributed by atoms with Crippen LogP contribution < -0.4 is 5.14 Å². The number of piperazine rings is 1. The lowest BCUT2D eigenvalue weighted by Gasteiger charge is -2.31. The summed E-state index contributed by atoms with van der Waals surface area (Å²) >= 11 is 0. The van der Waals surface area contributed by atoms with E-state index in [2.05, 4.69) is 15.1 Å². The van der Waals surface area contributed by atoms with Crippen LogP contribution in [0.3, 0.4) is 0 Å². The summed E-state index contributed by atoms with van der Waals surface area (Å²) in [6.07, 6.45) is 0. The summed E-state index contributed by atoms with van der Waals surface area (Å²) in [7, 11) is -3.60. The average Bonchev–Trinajstić information content (AvgIpc) is 2.96. The van der Waals surface area contributed by atoms with Crippen molar-refractivity contribution in [3.8, 4) is 11.5 Å². The van der Waals surface area contributed by atoms with Crippen LogP contribution in [0.1, 0.15) is 11.5 Å². The molecule has 0 aliphatic carbocycles. The van der Waals surface area contributed by atoms with Gasteiger partial charge in [0.05, 0.1) is 6.54 Å². The van der Waals surface area contributed by atoms with Crippen LogP contribution in [0.2, 0.25) is 0 Å². The van der Waals surface area contributed by atoms with Gasteiger partial charge in [0, 0.05) is 31.7 Å². The second-order valence-electron chi connectivity index (χ2n) is 5.59. The average molecular weight is 337 g/mol. The Labute approximate surface area is 135 Å². The zero-order chi connectivity index (χ0) is 16.4. The van der Waals surface area contributed by atoms with E-state index in [1.54, 1.807) is 0 Å². The molecule has 1 aliphatic heterocycles. The molecule has 1 fully saturated rings. The number of hydrogen-bond donors (Lipinski definition) is 1. The summed E-state index contributed by atoms with van der Waals surface area (Å²) in [5, 5.41) is 13.3. The second-order valence-corrected chi connectivity index (χ2v) is 7.13. The third-order valence-corrected chi connectivity index (χ3v) is 4.90. The van der Waals surface area contributed by atoms with Crippen molar-refractivity contribution in [2.75, 3.05) is 26.2 Å². The molecule has 1 saturated heterocycles. The largest absolute Gasteiger partial charge is 0.419 e. The van der Waals surface area contributed by atoms with Crippen LogP contribution in [-0.4, -0.2) is 54.0 Å². The van der Waals surface area contributed by atoms with Crippen molar-refractivity contribution in [3.05, 3.63) is 35.7 Å². The molecular weight excluding hydrogens is 318 g/mol. The van der Waals surface area contributed by atoms with E-state index in [0.717, 1.165) is 5.56 Å². The fourth-order valence-corrected chi connectivity index (χ4v) is 3.14. The molecular formula is C14H19N5O3S. The van der Waals surface area contributed by atoms with Crippen molar-refractivity contribution >= 4 is 10.2 Å². The Hall–Kier alpha value is -1.81. The van der Waals surface area contributed by atoms with Crippen LogP contribution in [-0.2, 0) is 16.8 Å². The summed E-state index contributed by atoms with van der Waals surface area (Å²) < 4.78 is 29.5. The molecule has 23 heavy (non-hydrogen) atoms. The lowest BCUT2D eigenvalue weighted by molar-refractivity contribution is 0.168. The van der Waals surface area contributed by atoms with Gasteiger partial charge in [0.15, 0.2) is 0 Å². The van der Waals surface area contributed by atoms with E-state index in [0.29, 0.717) is 44.5 Å². The van der Waals surface area contributed by atoms with Gasteiger partial charge in [-0.3, -0.25) is 4.90 Å². The molecule has 124 valence electrons. The normalized spacial score (nSPS) is 17.5. The monoisotopic (exact) mass is 337 g/mol. The SMILES string of the molecule is Cc1ccc(-c2nnc(CN3CCN(S(N)(=O)=O)CC3)o2)cc1. The van der Waals surface area contributed by atoms with Gasteiger partial charge in [0.2, 0.25) is 11.8 Å². The van der Waals surface area contributed by atoms with Gasteiger partial charge in [0.1, 0.15) is 0 Å². The summed E-state index contributed by atoms with van der Waals surface area (Å²) in [5.74, 6) is 1.01. The van der Waals surface area contributed by atoms with Crippen molar-refractivity contribution in [1.82, 2.24) is 19.4 Å². The predicted octanol–water partition coefficient (Wildman–Crippen LogP) is 0.366. The molecule has 2 N–H and O–H groups in total. The van der Waals surface area contributed by atoms with Crippen molar-refractivity contribution in [2.45, 2.75) is 13.5 Å². The first-order valence-corrected chi connectivity index (χ1v) is 8.82. The molecule has 1 aromatic carbocycles. The minimum atomic E-state index is -3.60. The maximum absolute atomic E-state index is 11.3. The molecule has 0 atom stereocenters. The van der Waals surface area contributed by atoms with E-state index >= 15 is 0 Å². The zero-order valence-electron chi connectivity index (χ0n) is 12.8. The predicted molar refractivity (Wildman–Crippen MR) is 84.4 cm³/mol. The van der Waals surface area contributed by atoms with E-state index in [-0.39, 0.29) is 0 Å². The first-order chi connectivity index (χ1) is 10.9. The quantitative estimate of drug-likeness (QED) is 0.864. The first kappa shape index (κ1) is 16.1. The van der Waals surface area contributed by atoms with Crippen molar-refractivity contribution < 1.29 is 12.8 Å². The number of aromatic nitrogens is 2. The van der Waals surface area contributed by atoms with Gasteiger partial charge in [-0.2, -0.15) is 12.7 Å². The van der Waals surface area contributed by atoms with Gasteiger partial charge in [-0.15, -0.1) is 10.2 Å². The first-order valence-electron chi connectivity index (χ1n) is 7.31. The Morgan fingerprint density at radius 2 is 1.78 bits per heavy atom. The van der Waals surface area contributed by atoms with Crippen LogP contribution >= 0.6 is 0 Å². The number of aryl methyl sites for hydroxylation is 1. The van der Waals surface area contributed by atoms with E-state index in [1.807, 2.05) is 31.2 Å². The molecule has 0 bridgehead atoms. The van der Waals surface area contributed by atoms with Crippen LogP contribution in [0.4, 0.5) is 0 Å². The van der Waals surface area contributed by atoms with Crippen LogP contribution in [0.5, 0.6) is 0 Å². The molecule has 2 aromatic rings. The highest BCUT2D eigenvalue weighted by Gasteiger charge is 2.24. The molecule has 0 amide bonds. The van der Waals surface area contributed by atoms with Gasteiger partial charge < -0.3 is 4.42 Å². The van der Waals surface area contributed by atoms with Gasteiger partial charge in [-0.1, -0.05) is 17.7 Å². The van der Waals surface area contributed by atoms with Crippen molar-refractivity contribution in [2.24, 2.45) is 5.14 Å². The van der Waals surface area contributed by atoms with Crippen LogP contribution in [0.15, 0.2) is 28.7 Å². The molecule has 9 heteroatoms. The maximum atomic E-state index is 11.3. The Balaban J connectivity index is 1.61. The van der Waals surface area contributed by atoms with Crippen LogP contribution in [0.25, 0.3) is 11.5 Å². The molecule has 0 unspecified atom stereocenters. The Morgan fingerprint density at radius 3 is 2.39 bits per heavy atom. The molecule has 1 aromatic heterocycles. The van der Waals surface area contributed by atoms with Gasteiger partial charge in [-0.25, -0.2) is 5.14 Å². The minimum Gasteiger partial charge on any atom is -0.419 e. The number of benzene rings is 1. The zero-order valence-corrected chi connectivity index (χ0v) is 13.7. The Bertz CT molecular complexity index is 764. The summed E-state index contributed by atoms with van der Waals surface area (Å²) in [6.45, 7) is 4.43. The summed E-state index contributed by atoms with van der Waals surface area (Å²) in [4.78, 5) is 2.06. The number of nitrogens with two attached hydrogens (primary N) is 1. The molecule has 0 radical (unpaired) electrons. The smallest absolute Gasteiger partial charge is 0.276 e. The van der Waals surface area contributed by atoms with Crippen LogP contribution in [0, 0.1) is 6.92 Å². The Kier molecular flexibility index (Phi) is 4.44. The fourth-order valence-electron chi connectivity index (χ4n) is 2.46. The molecule has 0 spiro atoms. The topological polar surface area (TPSA) is 106 Å². The number of nitrogens with zero attached hydrogens (tertiary/aromatic N) is 4. The van der Waals surface area contributed by atoms with Crippen molar-refractivity contribution in [3.63, 3.8) is 0 Å². The summed E-state index contributed by atoms with van der Waals surface area (Å²) in [5.41, 5.74) is 2.05. The van der Waals surface area contributed by atoms with E-state index < -0.39 is 10.2 Å². The van der Waals surface area contributed by atoms with Crippen molar-refractivity contribution in [1.29, 1.82) is 0 Å². The molecule has 2 heterocycles.